The van der Waals surface area contributed by atoms with Crippen LogP contribution in [0, 0.1) is 12.8 Å². The first-order chi connectivity index (χ1) is 8.97. The van der Waals surface area contributed by atoms with Gasteiger partial charge < -0.3 is 5.32 Å². The molecule has 0 saturated heterocycles. The van der Waals surface area contributed by atoms with E-state index in [2.05, 4.69) is 33.3 Å². The molecule has 0 spiro atoms. The average molecular weight is 328 g/mol. The third-order valence-corrected chi connectivity index (χ3v) is 4.77. The summed E-state index contributed by atoms with van der Waals surface area (Å²) in [5, 5.41) is 7.50. The SMILES string of the molecule is Cc1nn([C@H](C)C(=O)NC2CCC(C)CC2)cc1Br. The van der Waals surface area contributed by atoms with Crippen LogP contribution in [-0.2, 0) is 4.79 Å². The molecule has 0 aliphatic heterocycles. The van der Waals surface area contributed by atoms with Gasteiger partial charge in [-0.25, -0.2) is 0 Å². The first-order valence-corrected chi connectivity index (χ1v) is 7.78. The van der Waals surface area contributed by atoms with Crippen molar-refractivity contribution in [2.75, 3.05) is 0 Å². The van der Waals surface area contributed by atoms with Crippen LogP contribution in [0.1, 0.15) is 51.3 Å². The summed E-state index contributed by atoms with van der Waals surface area (Å²) in [5.74, 6) is 0.866. The van der Waals surface area contributed by atoms with Crippen LogP contribution in [0.4, 0.5) is 0 Å². The Hall–Kier alpha value is -0.840. The molecule has 0 aromatic carbocycles. The van der Waals surface area contributed by atoms with Crippen LogP contribution >= 0.6 is 15.9 Å². The molecule has 5 heteroatoms. The number of aromatic nitrogens is 2. The molecule has 1 aromatic heterocycles. The van der Waals surface area contributed by atoms with Gasteiger partial charge in [-0.05, 0) is 61.4 Å². The van der Waals surface area contributed by atoms with Crippen molar-refractivity contribution in [1.82, 2.24) is 15.1 Å². The Morgan fingerprint density at radius 3 is 2.63 bits per heavy atom. The van der Waals surface area contributed by atoms with Crippen molar-refractivity contribution in [3.05, 3.63) is 16.4 Å². The second kappa shape index (κ2) is 6.07. The number of halogens is 1. The number of carbonyl (C=O) groups is 1. The lowest BCUT2D eigenvalue weighted by molar-refractivity contribution is -0.125. The van der Waals surface area contributed by atoms with E-state index >= 15 is 0 Å². The zero-order valence-electron chi connectivity index (χ0n) is 11.8. The summed E-state index contributed by atoms with van der Waals surface area (Å²) in [7, 11) is 0. The summed E-state index contributed by atoms with van der Waals surface area (Å²) < 4.78 is 2.67. The van der Waals surface area contributed by atoms with E-state index < -0.39 is 0 Å². The molecule has 1 atom stereocenters. The number of hydrogen-bond donors (Lipinski definition) is 1. The number of aryl methyl sites for hydroxylation is 1. The molecule has 0 unspecified atom stereocenters. The van der Waals surface area contributed by atoms with E-state index in [1.165, 1.54) is 12.8 Å². The molecule has 19 heavy (non-hydrogen) atoms. The van der Waals surface area contributed by atoms with Gasteiger partial charge in [0.25, 0.3) is 0 Å². The highest BCUT2D eigenvalue weighted by atomic mass is 79.9. The van der Waals surface area contributed by atoms with E-state index in [-0.39, 0.29) is 11.9 Å². The Labute approximate surface area is 123 Å². The quantitative estimate of drug-likeness (QED) is 0.926. The van der Waals surface area contributed by atoms with Crippen molar-refractivity contribution < 1.29 is 4.79 Å². The first kappa shape index (κ1) is 14.6. The molecule has 1 N–H and O–H groups in total. The van der Waals surface area contributed by atoms with E-state index in [4.69, 9.17) is 0 Å². The van der Waals surface area contributed by atoms with E-state index in [9.17, 15) is 4.79 Å². The number of rotatable bonds is 3. The first-order valence-electron chi connectivity index (χ1n) is 6.99. The molecule has 106 valence electrons. The molecule has 1 fully saturated rings. The Morgan fingerprint density at radius 2 is 2.11 bits per heavy atom. The van der Waals surface area contributed by atoms with Gasteiger partial charge in [0.2, 0.25) is 5.91 Å². The highest BCUT2D eigenvalue weighted by Crippen LogP contribution is 2.24. The van der Waals surface area contributed by atoms with Crippen molar-refractivity contribution in [2.45, 2.75) is 58.5 Å². The predicted molar refractivity (Wildman–Crippen MR) is 78.9 cm³/mol. The van der Waals surface area contributed by atoms with Gasteiger partial charge >= 0.3 is 0 Å². The molecule has 1 amide bonds. The van der Waals surface area contributed by atoms with Crippen LogP contribution in [0.15, 0.2) is 10.7 Å². The zero-order valence-corrected chi connectivity index (χ0v) is 13.4. The topological polar surface area (TPSA) is 46.9 Å². The third kappa shape index (κ3) is 3.59. The van der Waals surface area contributed by atoms with E-state index in [0.29, 0.717) is 6.04 Å². The van der Waals surface area contributed by atoms with Crippen molar-refractivity contribution in [3.63, 3.8) is 0 Å². The highest BCUT2D eigenvalue weighted by molar-refractivity contribution is 9.10. The molecule has 1 heterocycles. The number of amides is 1. The van der Waals surface area contributed by atoms with E-state index in [1.54, 1.807) is 4.68 Å². The van der Waals surface area contributed by atoms with Crippen molar-refractivity contribution in [1.29, 1.82) is 0 Å². The number of carbonyl (C=O) groups excluding carboxylic acids is 1. The lowest BCUT2D eigenvalue weighted by Gasteiger charge is -2.28. The summed E-state index contributed by atoms with van der Waals surface area (Å²) in [6.07, 6.45) is 6.49. The van der Waals surface area contributed by atoms with Crippen molar-refractivity contribution in [2.24, 2.45) is 5.92 Å². The summed E-state index contributed by atoms with van der Waals surface area (Å²) in [6, 6.07) is 0.0793. The molecular weight excluding hydrogens is 306 g/mol. The fourth-order valence-corrected chi connectivity index (χ4v) is 2.79. The minimum atomic E-state index is -0.260. The molecule has 1 aliphatic rings. The maximum atomic E-state index is 12.2. The highest BCUT2D eigenvalue weighted by Gasteiger charge is 2.23. The zero-order chi connectivity index (χ0) is 14.0. The van der Waals surface area contributed by atoms with Gasteiger partial charge in [-0.3, -0.25) is 9.48 Å². The van der Waals surface area contributed by atoms with Crippen LogP contribution in [0.2, 0.25) is 0 Å². The molecule has 1 saturated carbocycles. The molecule has 0 radical (unpaired) electrons. The Bertz CT molecular complexity index is 430. The molecule has 2 rings (SSSR count). The molecule has 0 bridgehead atoms. The predicted octanol–water partition coefficient (Wildman–Crippen LogP) is 3.21. The van der Waals surface area contributed by atoms with Gasteiger partial charge in [0, 0.05) is 12.2 Å². The van der Waals surface area contributed by atoms with Gasteiger partial charge in [0.15, 0.2) is 0 Å². The smallest absolute Gasteiger partial charge is 0.244 e. The lowest BCUT2D eigenvalue weighted by atomic mass is 9.87. The largest absolute Gasteiger partial charge is 0.352 e. The number of nitrogens with zero attached hydrogens (tertiary/aromatic N) is 2. The second-order valence-electron chi connectivity index (χ2n) is 5.68. The monoisotopic (exact) mass is 327 g/mol. The standard InChI is InChI=1S/C14H22BrN3O/c1-9-4-6-12(7-5-9)16-14(19)11(3)18-8-13(15)10(2)17-18/h8-9,11-12H,4-7H2,1-3H3,(H,16,19)/t9?,11-,12?/m1/s1. The number of nitrogens with one attached hydrogen (secondary N) is 1. The Morgan fingerprint density at radius 1 is 1.47 bits per heavy atom. The Kier molecular flexibility index (Phi) is 4.66. The summed E-state index contributed by atoms with van der Waals surface area (Å²) >= 11 is 3.42. The van der Waals surface area contributed by atoms with Gasteiger partial charge in [-0.2, -0.15) is 5.10 Å². The van der Waals surface area contributed by atoms with Crippen LogP contribution in [-0.4, -0.2) is 21.7 Å². The maximum Gasteiger partial charge on any atom is 0.244 e. The van der Waals surface area contributed by atoms with Crippen LogP contribution in [0.5, 0.6) is 0 Å². The molecule has 1 aliphatic carbocycles. The number of hydrogen-bond acceptors (Lipinski definition) is 2. The van der Waals surface area contributed by atoms with Crippen molar-refractivity contribution >= 4 is 21.8 Å². The summed E-state index contributed by atoms with van der Waals surface area (Å²) in [4.78, 5) is 12.2. The van der Waals surface area contributed by atoms with Gasteiger partial charge in [-0.1, -0.05) is 6.92 Å². The fourth-order valence-electron chi connectivity index (χ4n) is 2.50. The van der Waals surface area contributed by atoms with Crippen LogP contribution < -0.4 is 5.32 Å². The van der Waals surface area contributed by atoms with Gasteiger partial charge in [-0.15, -0.1) is 0 Å². The van der Waals surface area contributed by atoms with Gasteiger partial charge in [0.1, 0.15) is 6.04 Å². The van der Waals surface area contributed by atoms with Gasteiger partial charge in [0.05, 0.1) is 10.2 Å². The summed E-state index contributed by atoms with van der Waals surface area (Å²) in [5.41, 5.74) is 0.908. The van der Waals surface area contributed by atoms with Crippen LogP contribution in [0.3, 0.4) is 0 Å². The van der Waals surface area contributed by atoms with Crippen molar-refractivity contribution in [3.8, 4) is 0 Å². The third-order valence-electron chi connectivity index (χ3n) is 4.00. The maximum absolute atomic E-state index is 12.2. The Balaban J connectivity index is 1.92. The minimum absolute atomic E-state index is 0.0644. The normalized spacial score (nSPS) is 25.1. The lowest BCUT2D eigenvalue weighted by Crippen LogP contribution is -2.40. The second-order valence-corrected chi connectivity index (χ2v) is 6.54. The summed E-state index contributed by atoms with van der Waals surface area (Å²) in [6.45, 7) is 6.10. The minimum Gasteiger partial charge on any atom is -0.352 e. The van der Waals surface area contributed by atoms with Crippen LogP contribution in [0.25, 0.3) is 0 Å². The average Bonchev–Trinajstić information content (AvgIpc) is 2.71. The molecular formula is C14H22BrN3O. The molecule has 4 nitrogen and oxygen atoms in total. The fraction of sp³-hybridized carbons (Fsp3) is 0.714. The molecule has 1 aromatic rings. The van der Waals surface area contributed by atoms with E-state index in [1.807, 2.05) is 20.0 Å². The van der Waals surface area contributed by atoms with E-state index in [0.717, 1.165) is 28.9 Å².